The number of benzene rings is 2. The number of rotatable bonds is 4. The SMILES string of the molecule is Cc1cccc(N)c1C(=O)NCC(C)(C)c1ccccc1. The molecule has 21 heavy (non-hydrogen) atoms. The maximum absolute atomic E-state index is 12.4. The lowest BCUT2D eigenvalue weighted by atomic mass is 9.84. The molecular weight excluding hydrogens is 260 g/mol. The van der Waals surface area contributed by atoms with E-state index in [0.717, 1.165) is 5.56 Å². The molecule has 1 amide bonds. The lowest BCUT2D eigenvalue weighted by molar-refractivity contribution is 0.0946. The van der Waals surface area contributed by atoms with E-state index in [1.165, 1.54) is 5.56 Å². The molecule has 0 unspecified atom stereocenters. The number of carbonyl (C=O) groups is 1. The Bertz CT molecular complexity index is 613. The molecule has 0 heterocycles. The van der Waals surface area contributed by atoms with Crippen molar-refractivity contribution in [3.05, 3.63) is 65.2 Å². The molecular formula is C18H22N2O. The summed E-state index contributed by atoms with van der Waals surface area (Å²) in [6.07, 6.45) is 0. The molecule has 2 rings (SSSR count). The van der Waals surface area contributed by atoms with Crippen LogP contribution < -0.4 is 11.1 Å². The van der Waals surface area contributed by atoms with Crippen LogP contribution in [0.5, 0.6) is 0 Å². The van der Waals surface area contributed by atoms with Crippen LogP contribution in [-0.4, -0.2) is 12.5 Å². The summed E-state index contributed by atoms with van der Waals surface area (Å²) in [6.45, 7) is 6.69. The van der Waals surface area contributed by atoms with Crippen molar-refractivity contribution >= 4 is 11.6 Å². The van der Waals surface area contributed by atoms with Gasteiger partial charge in [0.1, 0.15) is 0 Å². The Morgan fingerprint density at radius 1 is 1.10 bits per heavy atom. The number of nitrogen functional groups attached to an aromatic ring is 1. The van der Waals surface area contributed by atoms with E-state index < -0.39 is 0 Å². The largest absolute Gasteiger partial charge is 0.398 e. The molecule has 0 aliphatic carbocycles. The van der Waals surface area contributed by atoms with Gasteiger partial charge in [0.15, 0.2) is 0 Å². The summed E-state index contributed by atoms with van der Waals surface area (Å²) in [5.74, 6) is -0.116. The highest BCUT2D eigenvalue weighted by Gasteiger charge is 2.22. The summed E-state index contributed by atoms with van der Waals surface area (Å²) >= 11 is 0. The van der Waals surface area contributed by atoms with Gasteiger partial charge in [-0.3, -0.25) is 4.79 Å². The minimum absolute atomic E-state index is 0.116. The second-order valence-electron chi connectivity index (χ2n) is 5.97. The molecule has 0 spiro atoms. The van der Waals surface area contributed by atoms with Crippen molar-refractivity contribution in [2.45, 2.75) is 26.2 Å². The van der Waals surface area contributed by atoms with E-state index in [2.05, 4.69) is 31.3 Å². The minimum atomic E-state index is -0.131. The zero-order valence-corrected chi connectivity index (χ0v) is 12.8. The molecule has 3 N–H and O–H groups in total. The number of nitrogens with one attached hydrogen (secondary N) is 1. The maximum atomic E-state index is 12.4. The highest BCUT2D eigenvalue weighted by Crippen LogP contribution is 2.22. The van der Waals surface area contributed by atoms with Crippen LogP contribution in [0.25, 0.3) is 0 Å². The molecule has 2 aromatic rings. The number of aryl methyl sites for hydroxylation is 1. The van der Waals surface area contributed by atoms with E-state index in [4.69, 9.17) is 5.73 Å². The summed E-state index contributed by atoms with van der Waals surface area (Å²) in [6, 6.07) is 15.7. The third-order valence-electron chi connectivity index (χ3n) is 3.78. The van der Waals surface area contributed by atoms with Crippen molar-refractivity contribution in [1.29, 1.82) is 0 Å². The monoisotopic (exact) mass is 282 g/mol. The first-order chi connectivity index (χ1) is 9.92. The molecule has 0 fully saturated rings. The van der Waals surface area contributed by atoms with Crippen molar-refractivity contribution in [2.24, 2.45) is 0 Å². The van der Waals surface area contributed by atoms with Crippen LogP contribution in [0, 0.1) is 6.92 Å². The van der Waals surface area contributed by atoms with Gasteiger partial charge in [0, 0.05) is 17.6 Å². The zero-order chi connectivity index (χ0) is 15.5. The molecule has 0 aliphatic rings. The van der Waals surface area contributed by atoms with E-state index in [0.29, 0.717) is 17.8 Å². The molecule has 0 atom stereocenters. The summed E-state index contributed by atoms with van der Waals surface area (Å²) in [5, 5.41) is 3.00. The van der Waals surface area contributed by atoms with E-state index in [-0.39, 0.29) is 11.3 Å². The first-order valence-corrected chi connectivity index (χ1v) is 7.10. The molecule has 0 saturated carbocycles. The molecule has 3 nitrogen and oxygen atoms in total. The normalized spacial score (nSPS) is 11.2. The highest BCUT2D eigenvalue weighted by molar-refractivity contribution is 6.00. The van der Waals surface area contributed by atoms with Gasteiger partial charge in [-0.1, -0.05) is 56.3 Å². The average Bonchev–Trinajstić information content (AvgIpc) is 2.46. The predicted octanol–water partition coefficient (Wildman–Crippen LogP) is 3.28. The number of carbonyl (C=O) groups excluding carboxylic acids is 1. The van der Waals surface area contributed by atoms with Gasteiger partial charge in [0.2, 0.25) is 0 Å². The first kappa shape index (κ1) is 15.1. The topological polar surface area (TPSA) is 55.1 Å². The maximum Gasteiger partial charge on any atom is 0.253 e. The van der Waals surface area contributed by atoms with Crippen LogP contribution >= 0.6 is 0 Å². The van der Waals surface area contributed by atoms with Crippen LogP contribution in [0.3, 0.4) is 0 Å². The van der Waals surface area contributed by atoms with Crippen LogP contribution in [0.4, 0.5) is 5.69 Å². The lowest BCUT2D eigenvalue weighted by Gasteiger charge is -2.26. The Labute approximate surface area is 126 Å². The number of amides is 1. The third kappa shape index (κ3) is 3.43. The molecule has 0 radical (unpaired) electrons. The molecule has 0 bridgehead atoms. The van der Waals surface area contributed by atoms with Crippen LogP contribution in [0.2, 0.25) is 0 Å². The molecule has 0 saturated heterocycles. The van der Waals surface area contributed by atoms with Gasteiger partial charge in [-0.15, -0.1) is 0 Å². The summed E-state index contributed by atoms with van der Waals surface area (Å²) in [4.78, 5) is 12.4. The van der Waals surface area contributed by atoms with Gasteiger partial charge >= 0.3 is 0 Å². The Kier molecular flexibility index (Phi) is 4.32. The number of hydrogen-bond acceptors (Lipinski definition) is 2. The second kappa shape index (κ2) is 6.00. The minimum Gasteiger partial charge on any atom is -0.398 e. The smallest absolute Gasteiger partial charge is 0.253 e. The molecule has 110 valence electrons. The van der Waals surface area contributed by atoms with E-state index >= 15 is 0 Å². The predicted molar refractivity (Wildman–Crippen MR) is 87.4 cm³/mol. The van der Waals surface area contributed by atoms with Crippen molar-refractivity contribution in [3.8, 4) is 0 Å². The van der Waals surface area contributed by atoms with Crippen molar-refractivity contribution in [2.75, 3.05) is 12.3 Å². The average molecular weight is 282 g/mol. The van der Waals surface area contributed by atoms with Crippen molar-refractivity contribution in [3.63, 3.8) is 0 Å². The fraction of sp³-hybridized carbons (Fsp3) is 0.278. The van der Waals surface area contributed by atoms with Crippen LogP contribution in [-0.2, 0) is 5.41 Å². The van der Waals surface area contributed by atoms with Gasteiger partial charge in [-0.2, -0.15) is 0 Å². The fourth-order valence-corrected chi connectivity index (χ4v) is 2.38. The second-order valence-corrected chi connectivity index (χ2v) is 5.97. The lowest BCUT2D eigenvalue weighted by Crippen LogP contribution is -2.37. The summed E-state index contributed by atoms with van der Waals surface area (Å²) < 4.78 is 0. The van der Waals surface area contributed by atoms with Gasteiger partial charge < -0.3 is 11.1 Å². The Balaban J connectivity index is 2.11. The van der Waals surface area contributed by atoms with E-state index in [1.54, 1.807) is 6.07 Å². The van der Waals surface area contributed by atoms with Crippen LogP contribution in [0.15, 0.2) is 48.5 Å². The summed E-state index contributed by atoms with van der Waals surface area (Å²) in [5.41, 5.74) is 8.96. The van der Waals surface area contributed by atoms with Gasteiger partial charge in [0.25, 0.3) is 5.91 Å². The molecule has 3 heteroatoms. The Morgan fingerprint density at radius 2 is 1.76 bits per heavy atom. The Hall–Kier alpha value is -2.29. The molecule has 0 aromatic heterocycles. The van der Waals surface area contributed by atoms with Crippen molar-refractivity contribution in [1.82, 2.24) is 5.32 Å². The first-order valence-electron chi connectivity index (χ1n) is 7.10. The van der Waals surface area contributed by atoms with Gasteiger partial charge in [0.05, 0.1) is 5.56 Å². The molecule has 0 aliphatic heterocycles. The number of anilines is 1. The number of hydrogen-bond donors (Lipinski definition) is 2. The molecule has 2 aromatic carbocycles. The van der Waals surface area contributed by atoms with Crippen molar-refractivity contribution < 1.29 is 4.79 Å². The zero-order valence-electron chi connectivity index (χ0n) is 12.8. The standard InChI is InChI=1S/C18H22N2O/c1-13-8-7-11-15(19)16(13)17(21)20-12-18(2,3)14-9-5-4-6-10-14/h4-11H,12,19H2,1-3H3,(H,20,21). The van der Waals surface area contributed by atoms with Gasteiger partial charge in [-0.25, -0.2) is 0 Å². The summed E-state index contributed by atoms with van der Waals surface area (Å²) in [7, 11) is 0. The van der Waals surface area contributed by atoms with E-state index in [9.17, 15) is 4.79 Å². The third-order valence-corrected chi connectivity index (χ3v) is 3.78. The fourth-order valence-electron chi connectivity index (χ4n) is 2.38. The Morgan fingerprint density at radius 3 is 2.38 bits per heavy atom. The highest BCUT2D eigenvalue weighted by atomic mass is 16.1. The van der Waals surface area contributed by atoms with Gasteiger partial charge in [-0.05, 0) is 24.1 Å². The number of nitrogens with two attached hydrogens (primary N) is 1. The van der Waals surface area contributed by atoms with Crippen LogP contribution in [0.1, 0.15) is 35.3 Å². The van der Waals surface area contributed by atoms with E-state index in [1.807, 2.05) is 37.3 Å². The quantitative estimate of drug-likeness (QED) is 0.845.